The van der Waals surface area contributed by atoms with Gasteiger partial charge in [-0.1, -0.05) is 12.8 Å². The summed E-state index contributed by atoms with van der Waals surface area (Å²) in [4.78, 5) is 12.2. The summed E-state index contributed by atoms with van der Waals surface area (Å²) in [6.45, 7) is 0.715. The summed E-state index contributed by atoms with van der Waals surface area (Å²) >= 11 is 6.27. The lowest BCUT2D eigenvalue weighted by Crippen LogP contribution is -2.42. The quantitative estimate of drug-likeness (QED) is 0.846. The summed E-state index contributed by atoms with van der Waals surface area (Å²) in [5.74, 6) is 0.886. The Kier molecular flexibility index (Phi) is 3.65. The first-order chi connectivity index (χ1) is 9.24. The second-order valence-electron chi connectivity index (χ2n) is 5.30. The van der Waals surface area contributed by atoms with Gasteiger partial charge in [0.25, 0.3) is 5.91 Å². The van der Waals surface area contributed by atoms with Crippen LogP contribution in [0.3, 0.4) is 0 Å². The Morgan fingerprint density at radius 2 is 2.16 bits per heavy atom. The molecular formula is C15H18ClNO2. The Labute approximate surface area is 118 Å². The van der Waals surface area contributed by atoms with Gasteiger partial charge >= 0.3 is 0 Å². The molecule has 1 amide bonds. The maximum absolute atomic E-state index is 12.2. The van der Waals surface area contributed by atoms with Gasteiger partial charge in [-0.15, -0.1) is 11.6 Å². The second-order valence-corrected chi connectivity index (χ2v) is 5.86. The Morgan fingerprint density at radius 1 is 1.32 bits per heavy atom. The van der Waals surface area contributed by atoms with E-state index in [2.05, 4.69) is 5.32 Å². The molecule has 0 radical (unpaired) electrons. The molecule has 3 nitrogen and oxygen atoms in total. The summed E-state index contributed by atoms with van der Waals surface area (Å²) < 4.78 is 5.45. The number of alkyl halides is 1. The Bertz CT molecular complexity index is 489. The van der Waals surface area contributed by atoms with E-state index >= 15 is 0 Å². The molecule has 19 heavy (non-hydrogen) atoms. The Morgan fingerprint density at radius 3 is 3.00 bits per heavy atom. The number of fused-ring (bicyclic) bond motifs is 1. The van der Waals surface area contributed by atoms with Crippen LogP contribution in [0.25, 0.3) is 0 Å². The average molecular weight is 280 g/mol. The van der Waals surface area contributed by atoms with Gasteiger partial charge in [0.2, 0.25) is 0 Å². The zero-order chi connectivity index (χ0) is 13.2. The van der Waals surface area contributed by atoms with Crippen LogP contribution in [0.4, 0.5) is 0 Å². The molecule has 0 spiro atoms. The highest BCUT2D eigenvalue weighted by molar-refractivity contribution is 6.21. The van der Waals surface area contributed by atoms with Crippen LogP contribution in [0.5, 0.6) is 5.75 Å². The minimum Gasteiger partial charge on any atom is -0.493 e. The fraction of sp³-hybridized carbons (Fsp3) is 0.533. The van der Waals surface area contributed by atoms with Gasteiger partial charge in [0, 0.05) is 18.0 Å². The Hall–Kier alpha value is -1.22. The van der Waals surface area contributed by atoms with Crippen molar-refractivity contribution in [2.24, 2.45) is 0 Å². The van der Waals surface area contributed by atoms with Crippen LogP contribution in [-0.2, 0) is 6.42 Å². The zero-order valence-corrected chi connectivity index (χ0v) is 11.6. The van der Waals surface area contributed by atoms with Crippen LogP contribution in [0.15, 0.2) is 18.2 Å². The van der Waals surface area contributed by atoms with Crippen molar-refractivity contribution < 1.29 is 9.53 Å². The highest BCUT2D eigenvalue weighted by atomic mass is 35.5. The van der Waals surface area contributed by atoms with Crippen LogP contribution in [0, 0.1) is 0 Å². The van der Waals surface area contributed by atoms with Crippen molar-refractivity contribution in [2.45, 2.75) is 43.5 Å². The predicted octanol–water partition coefficient (Wildman–Crippen LogP) is 2.90. The molecule has 1 fully saturated rings. The van der Waals surface area contributed by atoms with E-state index in [9.17, 15) is 4.79 Å². The molecular weight excluding hydrogens is 262 g/mol. The topological polar surface area (TPSA) is 38.3 Å². The van der Waals surface area contributed by atoms with Gasteiger partial charge in [-0.05, 0) is 36.6 Å². The summed E-state index contributed by atoms with van der Waals surface area (Å²) in [5.41, 5.74) is 1.83. The van der Waals surface area contributed by atoms with Gasteiger partial charge in [0.15, 0.2) is 0 Å². The summed E-state index contributed by atoms with van der Waals surface area (Å²) in [6, 6.07) is 5.75. The fourth-order valence-electron chi connectivity index (χ4n) is 2.83. The van der Waals surface area contributed by atoms with E-state index in [0.29, 0.717) is 12.2 Å². The molecule has 0 bridgehead atoms. The molecule has 1 heterocycles. The van der Waals surface area contributed by atoms with Crippen molar-refractivity contribution in [2.75, 3.05) is 6.61 Å². The number of nitrogens with one attached hydrogen (secondary N) is 1. The fourth-order valence-corrected chi connectivity index (χ4v) is 3.17. The summed E-state index contributed by atoms with van der Waals surface area (Å²) in [5, 5.41) is 3.13. The smallest absolute Gasteiger partial charge is 0.251 e. The molecule has 0 aromatic heterocycles. The third kappa shape index (κ3) is 2.71. The molecule has 2 atom stereocenters. The molecule has 2 unspecified atom stereocenters. The molecule has 1 aliphatic carbocycles. The maximum atomic E-state index is 12.2. The van der Waals surface area contributed by atoms with Crippen molar-refractivity contribution in [3.63, 3.8) is 0 Å². The minimum absolute atomic E-state index is 0.0211. The van der Waals surface area contributed by atoms with Crippen LogP contribution >= 0.6 is 11.6 Å². The molecule has 3 rings (SSSR count). The number of amides is 1. The van der Waals surface area contributed by atoms with Crippen LogP contribution in [-0.4, -0.2) is 23.9 Å². The molecule has 1 aromatic carbocycles. The number of carbonyl (C=O) groups is 1. The van der Waals surface area contributed by atoms with Crippen molar-refractivity contribution >= 4 is 17.5 Å². The lowest BCUT2D eigenvalue weighted by molar-refractivity contribution is 0.0928. The molecule has 1 saturated carbocycles. The normalized spacial score (nSPS) is 25.5. The first-order valence-corrected chi connectivity index (χ1v) is 7.38. The minimum atomic E-state index is -0.0211. The van der Waals surface area contributed by atoms with E-state index in [1.54, 1.807) is 0 Å². The molecule has 1 N–H and O–H groups in total. The first-order valence-electron chi connectivity index (χ1n) is 6.95. The first kappa shape index (κ1) is 12.8. The van der Waals surface area contributed by atoms with Crippen molar-refractivity contribution in [1.82, 2.24) is 5.32 Å². The lowest BCUT2D eigenvalue weighted by atomic mass is 9.94. The van der Waals surface area contributed by atoms with Crippen molar-refractivity contribution in [3.8, 4) is 5.75 Å². The van der Waals surface area contributed by atoms with Gasteiger partial charge in [-0.2, -0.15) is 0 Å². The second kappa shape index (κ2) is 5.41. The largest absolute Gasteiger partial charge is 0.493 e. The molecule has 1 aliphatic heterocycles. The molecule has 4 heteroatoms. The van der Waals surface area contributed by atoms with E-state index in [4.69, 9.17) is 16.3 Å². The Balaban J connectivity index is 1.70. The van der Waals surface area contributed by atoms with Gasteiger partial charge < -0.3 is 10.1 Å². The van der Waals surface area contributed by atoms with Crippen LogP contribution in [0.1, 0.15) is 41.6 Å². The standard InChI is InChI=1S/C15H18ClNO2/c16-12-3-1-2-4-13(12)17-15(18)11-5-6-14-10(9-11)7-8-19-14/h5-6,9,12-13H,1-4,7-8H2,(H,17,18). The van der Waals surface area contributed by atoms with E-state index in [1.807, 2.05) is 18.2 Å². The number of hydrogen-bond acceptors (Lipinski definition) is 2. The number of benzene rings is 1. The summed E-state index contributed by atoms with van der Waals surface area (Å²) in [7, 11) is 0. The van der Waals surface area contributed by atoms with Gasteiger partial charge in [0.1, 0.15) is 5.75 Å². The number of carbonyl (C=O) groups excluding carboxylic acids is 1. The van der Waals surface area contributed by atoms with Gasteiger partial charge in [-0.3, -0.25) is 4.79 Å². The number of ether oxygens (including phenoxy) is 1. The van der Waals surface area contributed by atoms with Crippen LogP contribution in [0.2, 0.25) is 0 Å². The highest BCUT2D eigenvalue weighted by Crippen LogP contribution is 2.27. The predicted molar refractivity (Wildman–Crippen MR) is 75.0 cm³/mol. The van der Waals surface area contributed by atoms with Crippen molar-refractivity contribution in [1.29, 1.82) is 0 Å². The third-order valence-corrected chi connectivity index (χ3v) is 4.47. The molecule has 0 saturated heterocycles. The molecule has 102 valence electrons. The van der Waals surface area contributed by atoms with Crippen LogP contribution < -0.4 is 10.1 Å². The number of hydrogen-bond donors (Lipinski definition) is 1. The van der Waals surface area contributed by atoms with Gasteiger partial charge in [0.05, 0.1) is 12.0 Å². The SMILES string of the molecule is O=C(NC1CCCCC1Cl)c1ccc2c(c1)CCO2. The van der Waals surface area contributed by atoms with E-state index in [1.165, 1.54) is 0 Å². The lowest BCUT2D eigenvalue weighted by Gasteiger charge is -2.27. The summed E-state index contributed by atoms with van der Waals surface area (Å²) in [6.07, 6.45) is 5.17. The molecule has 1 aromatic rings. The highest BCUT2D eigenvalue weighted by Gasteiger charge is 2.25. The molecule has 2 aliphatic rings. The monoisotopic (exact) mass is 279 g/mol. The maximum Gasteiger partial charge on any atom is 0.251 e. The van der Waals surface area contributed by atoms with Gasteiger partial charge in [-0.25, -0.2) is 0 Å². The van der Waals surface area contributed by atoms with E-state index in [-0.39, 0.29) is 17.3 Å². The number of rotatable bonds is 2. The number of halogens is 1. The average Bonchev–Trinajstić information content (AvgIpc) is 2.88. The third-order valence-electron chi connectivity index (χ3n) is 3.95. The van der Waals surface area contributed by atoms with E-state index in [0.717, 1.165) is 43.4 Å². The van der Waals surface area contributed by atoms with Crippen molar-refractivity contribution in [3.05, 3.63) is 29.3 Å². The van der Waals surface area contributed by atoms with E-state index < -0.39 is 0 Å². The zero-order valence-electron chi connectivity index (χ0n) is 10.8.